The Morgan fingerprint density at radius 1 is 1.39 bits per heavy atom. The van der Waals surface area contributed by atoms with Crippen LogP contribution in [0.5, 0.6) is 0 Å². The molecule has 0 radical (unpaired) electrons. The summed E-state index contributed by atoms with van der Waals surface area (Å²) in [5.41, 5.74) is 0.898. The van der Waals surface area contributed by atoms with Gasteiger partial charge in [0.1, 0.15) is 6.04 Å². The fourth-order valence-corrected chi connectivity index (χ4v) is 2.17. The number of rotatable bonds is 4. The molecule has 4 heteroatoms. The Morgan fingerprint density at radius 2 is 2.11 bits per heavy atom. The van der Waals surface area contributed by atoms with Crippen LogP contribution in [0.25, 0.3) is 0 Å². The molecule has 1 aromatic rings. The monoisotopic (exact) mass is 246 g/mol. The molecular formula is C14H18N2O2. The van der Waals surface area contributed by atoms with Gasteiger partial charge in [0.25, 0.3) is 0 Å². The van der Waals surface area contributed by atoms with Gasteiger partial charge in [-0.1, -0.05) is 25.1 Å². The topological polar surface area (TPSA) is 49.4 Å². The van der Waals surface area contributed by atoms with Crippen LogP contribution in [0.4, 0.5) is 5.69 Å². The van der Waals surface area contributed by atoms with Crippen LogP contribution in [0, 0.1) is 0 Å². The standard InChI is InChI=1S/C14H18N2O2/c1-2-6-13(17)15-12-9-10-16(14(12)18)11-7-4-3-5-8-11/h3-5,7-8,12H,2,6,9-10H2,1H3,(H,15,17). The van der Waals surface area contributed by atoms with Gasteiger partial charge in [-0.15, -0.1) is 0 Å². The summed E-state index contributed by atoms with van der Waals surface area (Å²) >= 11 is 0. The van der Waals surface area contributed by atoms with Crippen molar-refractivity contribution in [1.29, 1.82) is 0 Å². The minimum atomic E-state index is -0.357. The predicted molar refractivity (Wildman–Crippen MR) is 70.3 cm³/mol. The van der Waals surface area contributed by atoms with Gasteiger partial charge < -0.3 is 10.2 Å². The number of carbonyl (C=O) groups is 2. The minimum Gasteiger partial charge on any atom is -0.344 e. The normalized spacial score (nSPS) is 19.1. The zero-order valence-electron chi connectivity index (χ0n) is 10.6. The molecule has 1 aromatic carbocycles. The molecule has 1 saturated heterocycles. The Hall–Kier alpha value is -1.84. The van der Waals surface area contributed by atoms with Crippen LogP contribution in [0.15, 0.2) is 30.3 Å². The average molecular weight is 246 g/mol. The summed E-state index contributed by atoms with van der Waals surface area (Å²) in [6, 6.07) is 9.20. The second-order valence-electron chi connectivity index (χ2n) is 4.48. The molecule has 1 N–H and O–H groups in total. The highest BCUT2D eigenvalue weighted by atomic mass is 16.2. The van der Waals surface area contributed by atoms with Crippen LogP contribution in [0.2, 0.25) is 0 Å². The largest absolute Gasteiger partial charge is 0.344 e. The van der Waals surface area contributed by atoms with E-state index in [-0.39, 0.29) is 17.9 Å². The van der Waals surface area contributed by atoms with Gasteiger partial charge in [0.05, 0.1) is 0 Å². The molecule has 2 amide bonds. The van der Waals surface area contributed by atoms with Gasteiger partial charge in [-0.2, -0.15) is 0 Å². The van der Waals surface area contributed by atoms with Crippen molar-refractivity contribution in [2.24, 2.45) is 0 Å². The molecule has 0 saturated carbocycles. The second-order valence-corrected chi connectivity index (χ2v) is 4.48. The number of hydrogen-bond donors (Lipinski definition) is 1. The molecule has 1 aliphatic heterocycles. The molecule has 1 atom stereocenters. The Balaban J connectivity index is 1.99. The van der Waals surface area contributed by atoms with Gasteiger partial charge in [0.15, 0.2) is 0 Å². The summed E-state index contributed by atoms with van der Waals surface area (Å²) in [5.74, 6) is -0.0450. The van der Waals surface area contributed by atoms with Crippen molar-refractivity contribution < 1.29 is 9.59 Å². The van der Waals surface area contributed by atoms with Gasteiger partial charge in [0, 0.05) is 18.7 Å². The summed E-state index contributed by atoms with van der Waals surface area (Å²) in [4.78, 5) is 25.4. The zero-order chi connectivity index (χ0) is 13.0. The third kappa shape index (κ3) is 2.70. The molecular weight excluding hydrogens is 228 g/mol. The fourth-order valence-electron chi connectivity index (χ4n) is 2.17. The van der Waals surface area contributed by atoms with Gasteiger partial charge in [-0.05, 0) is 25.0 Å². The number of hydrogen-bond acceptors (Lipinski definition) is 2. The summed E-state index contributed by atoms with van der Waals surface area (Å²) in [6.07, 6.45) is 1.97. The molecule has 0 aliphatic carbocycles. The van der Waals surface area contributed by atoms with Crippen molar-refractivity contribution in [3.05, 3.63) is 30.3 Å². The Morgan fingerprint density at radius 3 is 2.78 bits per heavy atom. The summed E-state index contributed by atoms with van der Waals surface area (Å²) in [7, 11) is 0. The lowest BCUT2D eigenvalue weighted by Gasteiger charge is -2.17. The number of anilines is 1. The highest BCUT2D eigenvalue weighted by Gasteiger charge is 2.33. The first kappa shape index (κ1) is 12.6. The first-order valence-electron chi connectivity index (χ1n) is 6.38. The maximum Gasteiger partial charge on any atom is 0.249 e. The highest BCUT2D eigenvalue weighted by molar-refractivity contribution is 6.01. The first-order chi connectivity index (χ1) is 8.72. The minimum absolute atomic E-state index is 0.00865. The van der Waals surface area contributed by atoms with Crippen LogP contribution in [0.3, 0.4) is 0 Å². The van der Waals surface area contributed by atoms with Gasteiger partial charge in [-0.25, -0.2) is 0 Å². The molecule has 1 unspecified atom stereocenters. The van der Waals surface area contributed by atoms with E-state index in [1.165, 1.54) is 0 Å². The zero-order valence-corrected chi connectivity index (χ0v) is 10.6. The Bertz CT molecular complexity index is 431. The van der Waals surface area contributed by atoms with Gasteiger partial charge in [-0.3, -0.25) is 9.59 Å². The van der Waals surface area contributed by atoms with Crippen LogP contribution in [-0.2, 0) is 9.59 Å². The Kier molecular flexibility index (Phi) is 3.97. The lowest BCUT2D eigenvalue weighted by Crippen LogP contribution is -2.41. The van der Waals surface area contributed by atoms with E-state index in [0.717, 1.165) is 12.1 Å². The number of nitrogens with one attached hydrogen (secondary N) is 1. The lowest BCUT2D eigenvalue weighted by molar-refractivity contribution is -0.126. The summed E-state index contributed by atoms with van der Waals surface area (Å²) < 4.78 is 0. The lowest BCUT2D eigenvalue weighted by atomic mass is 10.2. The SMILES string of the molecule is CCCC(=O)NC1CCN(c2ccccc2)C1=O. The first-order valence-corrected chi connectivity index (χ1v) is 6.38. The number of nitrogens with zero attached hydrogens (tertiary/aromatic N) is 1. The molecule has 0 aromatic heterocycles. The number of benzene rings is 1. The predicted octanol–water partition coefficient (Wildman–Crippen LogP) is 1.71. The molecule has 0 spiro atoms. The summed E-state index contributed by atoms with van der Waals surface area (Å²) in [5, 5.41) is 2.80. The van der Waals surface area contributed by atoms with E-state index >= 15 is 0 Å². The molecule has 96 valence electrons. The van der Waals surface area contributed by atoms with E-state index in [1.807, 2.05) is 37.3 Å². The summed E-state index contributed by atoms with van der Waals surface area (Å²) in [6.45, 7) is 2.62. The van der Waals surface area contributed by atoms with Gasteiger partial charge >= 0.3 is 0 Å². The molecule has 18 heavy (non-hydrogen) atoms. The molecule has 1 aliphatic rings. The number of amides is 2. The maximum atomic E-state index is 12.2. The molecule has 2 rings (SSSR count). The van der Waals surface area contributed by atoms with Crippen LogP contribution < -0.4 is 10.2 Å². The fraction of sp³-hybridized carbons (Fsp3) is 0.429. The van der Waals surface area contributed by atoms with Crippen molar-refractivity contribution in [1.82, 2.24) is 5.32 Å². The van der Waals surface area contributed by atoms with Crippen LogP contribution in [0.1, 0.15) is 26.2 Å². The van der Waals surface area contributed by atoms with Crippen molar-refractivity contribution in [2.75, 3.05) is 11.4 Å². The number of para-hydroxylation sites is 1. The van der Waals surface area contributed by atoms with Crippen LogP contribution >= 0.6 is 0 Å². The van der Waals surface area contributed by atoms with E-state index in [2.05, 4.69) is 5.32 Å². The second kappa shape index (κ2) is 5.67. The Labute approximate surface area is 107 Å². The van der Waals surface area contributed by atoms with E-state index in [4.69, 9.17) is 0 Å². The van der Waals surface area contributed by atoms with E-state index in [0.29, 0.717) is 19.4 Å². The van der Waals surface area contributed by atoms with E-state index in [9.17, 15) is 9.59 Å². The molecule has 0 bridgehead atoms. The molecule has 4 nitrogen and oxygen atoms in total. The van der Waals surface area contributed by atoms with Crippen LogP contribution in [-0.4, -0.2) is 24.4 Å². The van der Waals surface area contributed by atoms with E-state index in [1.54, 1.807) is 4.90 Å². The van der Waals surface area contributed by atoms with Crippen molar-refractivity contribution in [3.63, 3.8) is 0 Å². The maximum absolute atomic E-state index is 12.2. The quantitative estimate of drug-likeness (QED) is 0.879. The van der Waals surface area contributed by atoms with Crippen molar-refractivity contribution in [3.8, 4) is 0 Å². The van der Waals surface area contributed by atoms with E-state index < -0.39 is 0 Å². The molecule has 1 heterocycles. The van der Waals surface area contributed by atoms with Crippen molar-refractivity contribution >= 4 is 17.5 Å². The third-order valence-corrected chi connectivity index (χ3v) is 3.09. The average Bonchev–Trinajstić information content (AvgIpc) is 2.72. The highest BCUT2D eigenvalue weighted by Crippen LogP contribution is 2.21. The third-order valence-electron chi connectivity index (χ3n) is 3.09. The number of carbonyl (C=O) groups excluding carboxylic acids is 2. The molecule has 1 fully saturated rings. The smallest absolute Gasteiger partial charge is 0.249 e. The van der Waals surface area contributed by atoms with Gasteiger partial charge in [0.2, 0.25) is 11.8 Å². The van der Waals surface area contributed by atoms with Crippen molar-refractivity contribution in [2.45, 2.75) is 32.2 Å².